The number of carbonyl (C=O) groups is 1. The van der Waals surface area contributed by atoms with Gasteiger partial charge in [0.1, 0.15) is 0 Å². The summed E-state index contributed by atoms with van der Waals surface area (Å²) >= 11 is 1.23. The Kier molecular flexibility index (Phi) is 4.98. The highest BCUT2D eigenvalue weighted by Gasteiger charge is 2.22. The van der Waals surface area contributed by atoms with Gasteiger partial charge in [-0.05, 0) is 38.0 Å². The number of carbonyl (C=O) groups excluding carboxylic acids is 1. The number of fused-ring (bicyclic) bond motifs is 1. The second-order valence-electron chi connectivity index (χ2n) is 6.08. The van der Waals surface area contributed by atoms with E-state index in [0.717, 1.165) is 25.0 Å². The molecule has 2 aromatic rings. The average Bonchev–Trinajstić information content (AvgIpc) is 3.39. The number of benzene rings is 1. The van der Waals surface area contributed by atoms with E-state index in [2.05, 4.69) is 15.5 Å². The number of hydrogen-bond acceptors (Lipinski definition) is 8. The van der Waals surface area contributed by atoms with E-state index in [1.54, 1.807) is 19.1 Å². The molecule has 26 heavy (non-hydrogen) atoms. The molecule has 1 saturated heterocycles. The molecule has 3 heterocycles. The van der Waals surface area contributed by atoms with E-state index in [1.807, 2.05) is 6.07 Å². The van der Waals surface area contributed by atoms with Crippen LogP contribution >= 0.6 is 11.8 Å². The smallest absolute Gasteiger partial charge is 0.277 e. The highest BCUT2D eigenvalue weighted by molar-refractivity contribution is 8.00. The Morgan fingerprint density at radius 1 is 1.35 bits per heavy atom. The van der Waals surface area contributed by atoms with Crippen molar-refractivity contribution in [3.8, 4) is 23.0 Å². The molecule has 0 radical (unpaired) electrons. The molecule has 2 aliphatic rings. The molecule has 4 rings (SSSR count). The molecule has 1 fully saturated rings. The van der Waals surface area contributed by atoms with Crippen molar-refractivity contribution < 1.29 is 23.4 Å². The lowest BCUT2D eigenvalue weighted by atomic mass is 10.2. The van der Waals surface area contributed by atoms with E-state index in [1.165, 1.54) is 11.8 Å². The van der Waals surface area contributed by atoms with Crippen LogP contribution < -0.4 is 14.8 Å². The Morgan fingerprint density at radius 2 is 2.23 bits per heavy atom. The minimum absolute atomic E-state index is 0.0756. The van der Waals surface area contributed by atoms with E-state index in [-0.39, 0.29) is 24.1 Å². The largest absolute Gasteiger partial charge is 0.454 e. The summed E-state index contributed by atoms with van der Waals surface area (Å²) in [6.45, 7) is 3.33. The Hall–Kier alpha value is -2.26. The minimum atomic E-state index is -0.346. The number of amides is 1. The number of ether oxygens (including phenoxy) is 3. The van der Waals surface area contributed by atoms with E-state index in [0.29, 0.717) is 29.2 Å². The molecule has 1 aromatic carbocycles. The van der Waals surface area contributed by atoms with Gasteiger partial charge in [-0.2, -0.15) is 0 Å². The average molecular weight is 377 g/mol. The normalized spacial score (nSPS) is 19.5. The van der Waals surface area contributed by atoms with Crippen molar-refractivity contribution in [1.29, 1.82) is 0 Å². The summed E-state index contributed by atoms with van der Waals surface area (Å²) in [6, 6.07) is 5.42. The van der Waals surface area contributed by atoms with Crippen LogP contribution in [0.25, 0.3) is 11.5 Å². The molecule has 0 bridgehead atoms. The third-order valence-corrected chi connectivity index (χ3v) is 5.14. The molecule has 9 heteroatoms. The van der Waals surface area contributed by atoms with Gasteiger partial charge in [0.2, 0.25) is 18.6 Å². The van der Waals surface area contributed by atoms with Gasteiger partial charge in [0.05, 0.1) is 11.4 Å². The number of nitrogens with one attached hydrogen (secondary N) is 1. The zero-order chi connectivity index (χ0) is 17.9. The number of hydrogen-bond donors (Lipinski definition) is 1. The Morgan fingerprint density at radius 3 is 3.08 bits per heavy atom. The molecule has 138 valence electrons. The first kappa shape index (κ1) is 17.2. The van der Waals surface area contributed by atoms with E-state index < -0.39 is 0 Å². The fourth-order valence-electron chi connectivity index (χ4n) is 2.77. The topological polar surface area (TPSA) is 95.7 Å². The van der Waals surface area contributed by atoms with Crippen molar-refractivity contribution >= 4 is 17.7 Å². The van der Waals surface area contributed by atoms with Gasteiger partial charge in [-0.3, -0.25) is 4.79 Å². The lowest BCUT2D eigenvalue weighted by Gasteiger charge is -2.13. The molecule has 1 aromatic heterocycles. The summed E-state index contributed by atoms with van der Waals surface area (Å²) in [5.41, 5.74) is 0.740. The molecule has 0 spiro atoms. The maximum Gasteiger partial charge on any atom is 0.277 e. The molecule has 2 unspecified atom stereocenters. The third-order valence-electron chi connectivity index (χ3n) is 4.20. The number of thioether (sulfide) groups is 1. The van der Waals surface area contributed by atoms with Gasteiger partial charge >= 0.3 is 0 Å². The monoisotopic (exact) mass is 377 g/mol. The Balaban J connectivity index is 1.34. The van der Waals surface area contributed by atoms with E-state index in [4.69, 9.17) is 18.6 Å². The van der Waals surface area contributed by atoms with E-state index in [9.17, 15) is 4.79 Å². The maximum atomic E-state index is 12.2. The predicted molar refractivity (Wildman–Crippen MR) is 93.2 cm³/mol. The molecule has 1 N–H and O–H groups in total. The molecule has 1 amide bonds. The quantitative estimate of drug-likeness (QED) is 0.766. The van der Waals surface area contributed by atoms with Crippen LogP contribution in [0.3, 0.4) is 0 Å². The zero-order valence-electron chi connectivity index (χ0n) is 14.3. The van der Waals surface area contributed by atoms with Crippen molar-refractivity contribution in [2.45, 2.75) is 36.3 Å². The Bertz CT molecular complexity index is 790. The maximum absolute atomic E-state index is 12.2. The van der Waals surface area contributed by atoms with Crippen molar-refractivity contribution in [1.82, 2.24) is 15.5 Å². The summed E-state index contributed by atoms with van der Waals surface area (Å²) in [4.78, 5) is 12.2. The highest BCUT2D eigenvalue weighted by atomic mass is 32.2. The van der Waals surface area contributed by atoms with Crippen molar-refractivity contribution in [2.24, 2.45) is 0 Å². The van der Waals surface area contributed by atoms with E-state index >= 15 is 0 Å². The van der Waals surface area contributed by atoms with Crippen LogP contribution in [0.1, 0.15) is 19.8 Å². The van der Waals surface area contributed by atoms with Gasteiger partial charge in [-0.25, -0.2) is 0 Å². The fraction of sp³-hybridized carbons (Fsp3) is 0.471. The molecule has 0 saturated carbocycles. The fourth-order valence-corrected chi connectivity index (χ4v) is 3.48. The van der Waals surface area contributed by atoms with Gasteiger partial charge in [-0.15, -0.1) is 10.2 Å². The van der Waals surface area contributed by atoms with Crippen molar-refractivity contribution in [2.75, 3.05) is 19.9 Å². The SMILES string of the molecule is CC(Sc1nnc(-c2ccc3c(c2)OCO3)o1)C(=O)NCC1CCCO1. The van der Waals surface area contributed by atoms with Crippen molar-refractivity contribution in [3.05, 3.63) is 18.2 Å². The van der Waals surface area contributed by atoms with Gasteiger partial charge in [0.25, 0.3) is 5.22 Å². The summed E-state index contributed by atoms with van der Waals surface area (Å²) in [5.74, 6) is 1.64. The summed E-state index contributed by atoms with van der Waals surface area (Å²) in [5, 5.41) is 11.0. The summed E-state index contributed by atoms with van der Waals surface area (Å²) < 4.78 is 21.8. The first-order valence-electron chi connectivity index (χ1n) is 8.48. The first-order chi connectivity index (χ1) is 12.7. The van der Waals surface area contributed by atoms with Gasteiger partial charge in [0.15, 0.2) is 11.5 Å². The second kappa shape index (κ2) is 7.55. The standard InChI is InChI=1S/C17H19N3O5S/c1-10(15(21)18-8-12-3-2-6-22-12)26-17-20-19-16(25-17)11-4-5-13-14(7-11)24-9-23-13/h4-5,7,10,12H,2-3,6,8-9H2,1H3,(H,18,21). The molecule has 0 aliphatic carbocycles. The van der Waals surface area contributed by atoms with Crippen LogP contribution in [0.4, 0.5) is 0 Å². The van der Waals surface area contributed by atoms with Crippen LogP contribution in [0.15, 0.2) is 27.8 Å². The lowest BCUT2D eigenvalue weighted by Crippen LogP contribution is -2.36. The number of aromatic nitrogens is 2. The highest BCUT2D eigenvalue weighted by Crippen LogP contribution is 2.36. The lowest BCUT2D eigenvalue weighted by molar-refractivity contribution is -0.120. The predicted octanol–water partition coefficient (Wildman–Crippen LogP) is 2.24. The van der Waals surface area contributed by atoms with Crippen LogP contribution in [-0.2, 0) is 9.53 Å². The first-order valence-corrected chi connectivity index (χ1v) is 9.36. The van der Waals surface area contributed by atoms with Crippen LogP contribution in [0.5, 0.6) is 11.5 Å². The molecular formula is C17H19N3O5S. The third kappa shape index (κ3) is 3.78. The van der Waals surface area contributed by atoms with Crippen molar-refractivity contribution in [3.63, 3.8) is 0 Å². The summed E-state index contributed by atoms with van der Waals surface area (Å²) in [7, 11) is 0. The number of nitrogens with zero attached hydrogens (tertiary/aromatic N) is 2. The molecular weight excluding hydrogens is 358 g/mol. The molecule has 2 atom stereocenters. The van der Waals surface area contributed by atoms with Gasteiger partial charge < -0.3 is 23.9 Å². The van der Waals surface area contributed by atoms with Crippen LogP contribution in [0.2, 0.25) is 0 Å². The zero-order valence-corrected chi connectivity index (χ0v) is 15.1. The number of rotatable bonds is 6. The molecule has 2 aliphatic heterocycles. The van der Waals surface area contributed by atoms with Gasteiger partial charge in [-0.1, -0.05) is 11.8 Å². The molecule has 8 nitrogen and oxygen atoms in total. The minimum Gasteiger partial charge on any atom is -0.454 e. The van der Waals surface area contributed by atoms with Gasteiger partial charge in [0, 0.05) is 18.7 Å². The van der Waals surface area contributed by atoms with Crippen LogP contribution in [-0.4, -0.2) is 47.4 Å². The Labute approximate surface area is 154 Å². The second-order valence-corrected chi connectivity index (χ2v) is 7.37. The summed E-state index contributed by atoms with van der Waals surface area (Å²) in [6.07, 6.45) is 2.16. The van der Waals surface area contributed by atoms with Crippen LogP contribution in [0, 0.1) is 0 Å².